The Morgan fingerprint density at radius 3 is 2.96 bits per heavy atom. The second-order valence-electron chi connectivity index (χ2n) is 6.50. The van der Waals surface area contributed by atoms with Crippen molar-refractivity contribution in [3.8, 4) is 0 Å². The fourth-order valence-electron chi connectivity index (χ4n) is 2.85. The van der Waals surface area contributed by atoms with Gasteiger partial charge in [0.2, 0.25) is 0 Å². The molecule has 6 nitrogen and oxygen atoms in total. The van der Waals surface area contributed by atoms with Gasteiger partial charge < -0.3 is 4.90 Å². The molecular formula is C17H23N5OS. The van der Waals surface area contributed by atoms with Gasteiger partial charge in [0.15, 0.2) is 5.82 Å². The van der Waals surface area contributed by atoms with E-state index in [1.807, 2.05) is 35.5 Å². The number of nitrogens with zero attached hydrogens (tertiary/aromatic N) is 5. The molecule has 1 unspecified atom stereocenters. The maximum absolute atomic E-state index is 12.9. The Labute approximate surface area is 146 Å². The maximum atomic E-state index is 12.9. The van der Waals surface area contributed by atoms with Crippen LogP contribution >= 0.6 is 11.3 Å². The zero-order valence-corrected chi connectivity index (χ0v) is 15.2. The molecule has 7 heteroatoms. The molecule has 1 amide bonds. The number of carbonyl (C=O) groups excluding carboxylic acids is 1. The monoisotopic (exact) mass is 345 g/mol. The summed E-state index contributed by atoms with van der Waals surface area (Å²) in [6.45, 7) is 6.92. The number of hydrogen-bond donors (Lipinski definition) is 0. The molecule has 24 heavy (non-hydrogen) atoms. The van der Waals surface area contributed by atoms with Crippen LogP contribution in [0.25, 0.3) is 6.20 Å². The second kappa shape index (κ2) is 7.25. The van der Waals surface area contributed by atoms with E-state index in [0.717, 1.165) is 36.2 Å². The van der Waals surface area contributed by atoms with Crippen molar-refractivity contribution in [2.45, 2.75) is 46.1 Å². The molecule has 0 saturated carbocycles. The van der Waals surface area contributed by atoms with Crippen LogP contribution in [0.2, 0.25) is 0 Å². The van der Waals surface area contributed by atoms with Crippen molar-refractivity contribution in [1.29, 1.82) is 0 Å². The standard InChI is InChI=1S/C17H23N5OS/c1-12(2)7-10-22-19-16(18-20-22)14-6-4-5-9-21(14)17(23)15-13(3)8-11-24-15/h7-8,10-12,14H,4-6,9H2,1-3H3/b10-7+. The first kappa shape index (κ1) is 16.8. The lowest BCUT2D eigenvalue weighted by molar-refractivity contribution is 0.0604. The number of likely N-dealkylation sites (tertiary alicyclic amines) is 1. The molecule has 0 spiro atoms. The summed E-state index contributed by atoms with van der Waals surface area (Å²) in [5, 5.41) is 14.7. The number of aryl methyl sites for hydroxylation is 1. The molecule has 128 valence electrons. The topological polar surface area (TPSA) is 63.9 Å². The van der Waals surface area contributed by atoms with Crippen molar-refractivity contribution in [3.05, 3.63) is 33.8 Å². The first-order chi connectivity index (χ1) is 11.6. The largest absolute Gasteiger partial charge is 0.328 e. The van der Waals surface area contributed by atoms with Crippen LogP contribution < -0.4 is 0 Å². The minimum atomic E-state index is -0.0889. The average molecular weight is 345 g/mol. The number of piperidine rings is 1. The second-order valence-corrected chi connectivity index (χ2v) is 7.41. The van der Waals surface area contributed by atoms with Gasteiger partial charge in [0, 0.05) is 12.7 Å². The summed E-state index contributed by atoms with van der Waals surface area (Å²) >= 11 is 1.50. The molecule has 0 aromatic carbocycles. The molecule has 3 heterocycles. The fourth-order valence-corrected chi connectivity index (χ4v) is 3.73. The summed E-state index contributed by atoms with van der Waals surface area (Å²) in [6.07, 6.45) is 6.82. The number of aromatic nitrogens is 4. The van der Waals surface area contributed by atoms with Crippen molar-refractivity contribution in [3.63, 3.8) is 0 Å². The van der Waals surface area contributed by atoms with Crippen LogP contribution in [0.5, 0.6) is 0 Å². The number of hydrogen-bond acceptors (Lipinski definition) is 5. The number of amides is 1. The third kappa shape index (κ3) is 3.56. The van der Waals surface area contributed by atoms with Gasteiger partial charge in [-0.3, -0.25) is 4.79 Å². The van der Waals surface area contributed by atoms with E-state index in [1.165, 1.54) is 16.1 Å². The summed E-state index contributed by atoms with van der Waals surface area (Å²) in [4.78, 5) is 17.1. The first-order valence-electron chi connectivity index (χ1n) is 8.39. The Hall–Kier alpha value is -2.02. The van der Waals surface area contributed by atoms with Crippen LogP contribution in [0.4, 0.5) is 0 Å². The van der Waals surface area contributed by atoms with Crippen LogP contribution in [0.15, 0.2) is 17.5 Å². The Morgan fingerprint density at radius 1 is 1.42 bits per heavy atom. The highest BCUT2D eigenvalue weighted by Crippen LogP contribution is 2.31. The minimum absolute atomic E-state index is 0.0845. The predicted molar refractivity (Wildman–Crippen MR) is 94.7 cm³/mol. The molecular weight excluding hydrogens is 322 g/mol. The highest BCUT2D eigenvalue weighted by atomic mass is 32.1. The quantitative estimate of drug-likeness (QED) is 0.850. The van der Waals surface area contributed by atoms with E-state index in [4.69, 9.17) is 0 Å². The Morgan fingerprint density at radius 2 is 2.25 bits per heavy atom. The average Bonchev–Trinajstić information content (AvgIpc) is 3.21. The van der Waals surface area contributed by atoms with Crippen molar-refractivity contribution in [2.24, 2.45) is 5.92 Å². The van der Waals surface area contributed by atoms with Gasteiger partial charge in [0.1, 0.15) is 0 Å². The first-order valence-corrected chi connectivity index (χ1v) is 9.27. The van der Waals surface area contributed by atoms with Gasteiger partial charge in [-0.2, -0.15) is 0 Å². The molecule has 1 aliphatic heterocycles. The van der Waals surface area contributed by atoms with E-state index in [9.17, 15) is 4.79 Å². The van der Waals surface area contributed by atoms with Gasteiger partial charge in [0.05, 0.1) is 10.9 Å². The predicted octanol–water partition coefficient (Wildman–Crippen LogP) is 3.54. The van der Waals surface area contributed by atoms with Crippen molar-refractivity contribution >= 4 is 23.4 Å². The Kier molecular flexibility index (Phi) is 5.08. The highest BCUT2D eigenvalue weighted by molar-refractivity contribution is 7.12. The van der Waals surface area contributed by atoms with Crippen LogP contribution in [0.3, 0.4) is 0 Å². The highest BCUT2D eigenvalue weighted by Gasteiger charge is 2.32. The third-order valence-electron chi connectivity index (χ3n) is 4.17. The fraction of sp³-hybridized carbons (Fsp3) is 0.529. The van der Waals surface area contributed by atoms with E-state index < -0.39 is 0 Å². The lowest BCUT2D eigenvalue weighted by Crippen LogP contribution is -2.39. The van der Waals surface area contributed by atoms with E-state index in [0.29, 0.717) is 11.7 Å². The third-order valence-corrected chi connectivity index (χ3v) is 5.17. The Bertz CT molecular complexity index is 733. The minimum Gasteiger partial charge on any atom is -0.328 e. The molecule has 0 radical (unpaired) electrons. The van der Waals surface area contributed by atoms with Gasteiger partial charge in [-0.1, -0.05) is 19.9 Å². The molecule has 0 bridgehead atoms. The van der Waals surface area contributed by atoms with Crippen molar-refractivity contribution in [1.82, 2.24) is 25.1 Å². The van der Waals surface area contributed by atoms with Gasteiger partial charge in [-0.25, -0.2) is 0 Å². The Balaban J connectivity index is 1.82. The maximum Gasteiger partial charge on any atom is 0.264 e. The van der Waals surface area contributed by atoms with E-state index in [2.05, 4.69) is 29.3 Å². The van der Waals surface area contributed by atoms with Crippen LogP contribution in [0.1, 0.15) is 60.2 Å². The normalized spacial score (nSPS) is 18.7. The van der Waals surface area contributed by atoms with Gasteiger partial charge in [-0.15, -0.1) is 26.3 Å². The van der Waals surface area contributed by atoms with Crippen molar-refractivity contribution < 1.29 is 4.79 Å². The van der Waals surface area contributed by atoms with Crippen LogP contribution in [0, 0.1) is 12.8 Å². The van der Waals surface area contributed by atoms with Crippen LogP contribution in [-0.2, 0) is 0 Å². The number of tetrazole rings is 1. The summed E-state index contributed by atoms with van der Waals surface area (Å²) in [5.41, 5.74) is 1.03. The lowest BCUT2D eigenvalue weighted by atomic mass is 10.0. The van der Waals surface area contributed by atoms with Crippen LogP contribution in [-0.4, -0.2) is 37.6 Å². The van der Waals surface area contributed by atoms with Gasteiger partial charge >= 0.3 is 0 Å². The number of thiophene rings is 1. The van der Waals surface area contributed by atoms with E-state index in [1.54, 1.807) is 0 Å². The van der Waals surface area contributed by atoms with Crippen molar-refractivity contribution in [2.75, 3.05) is 6.54 Å². The molecule has 2 aromatic rings. The summed E-state index contributed by atoms with van der Waals surface area (Å²) < 4.78 is 0. The molecule has 0 aliphatic carbocycles. The smallest absolute Gasteiger partial charge is 0.264 e. The number of carbonyl (C=O) groups is 1. The lowest BCUT2D eigenvalue weighted by Gasteiger charge is -2.33. The SMILES string of the molecule is Cc1ccsc1C(=O)N1CCCCC1c1nnn(/C=C/C(C)C)n1. The number of allylic oxidation sites excluding steroid dienone is 1. The summed E-state index contributed by atoms with van der Waals surface area (Å²) in [5.74, 6) is 1.14. The van der Waals surface area contributed by atoms with Gasteiger partial charge in [0.25, 0.3) is 5.91 Å². The molecule has 1 aliphatic rings. The molecule has 1 atom stereocenters. The molecule has 1 fully saturated rings. The summed E-state index contributed by atoms with van der Waals surface area (Å²) in [7, 11) is 0. The zero-order chi connectivity index (χ0) is 17.1. The zero-order valence-electron chi connectivity index (χ0n) is 14.3. The summed E-state index contributed by atoms with van der Waals surface area (Å²) in [6, 6.07) is 1.90. The molecule has 3 rings (SSSR count). The van der Waals surface area contributed by atoms with Gasteiger partial charge in [-0.05, 0) is 54.3 Å². The molecule has 0 N–H and O–H groups in total. The number of rotatable bonds is 4. The van der Waals surface area contributed by atoms with E-state index in [-0.39, 0.29) is 11.9 Å². The van der Waals surface area contributed by atoms with E-state index >= 15 is 0 Å². The molecule has 1 saturated heterocycles. The molecule has 2 aromatic heterocycles.